The van der Waals surface area contributed by atoms with Crippen LogP contribution in [0.25, 0.3) is 0 Å². The molecule has 0 bridgehead atoms. The van der Waals surface area contributed by atoms with Crippen molar-refractivity contribution in [2.24, 2.45) is 0 Å². The van der Waals surface area contributed by atoms with Crippen molar-refractivity contribution in [2.75, 3.05) is 5.32 Å². The number of anilines is 1. The number of hydrogen-bond acceptors (Lipinski definition) is 2. The van der Waals surface area contributed by atoms with Crippen molar-refractivity contribution in [3.8, 4) is 0 Å². The van der Waals surface area contributed by atoms with Gasteiger partial charge in [0.1, 0.15) is 5.82 Å². The topological polar surface area (TPSA) is 49.3 Å². The van der Waals surface area contributed by atoms with Crippen molar-refractivity contribution >= 4 is 11.6 Å². The molecule has 0 radical (unpaired) electrons. The fourth-order valence-electron chi connectivity index (χ4n) is 1.38. The molecule has 0 aliphatic carbocycles. The normalized spacial score (nSPS) is 19.9. The third kappa shape index (κ3) is 1.02. The van der Waals surface area contributed by atoms with Crippen molar-refractivity contribution in [1.29, 1.82) is 0 Å². The average Bonchev–Trinajstić information content (AvgIpc) is 2.38. The molecule has 0 aromatic heterocycles. The first-order chi connectivity index (χ1) is 6.11. The molecule has 13 heavy (non-hydrogen) atoms. The summed E-state index contributed by atoms with van der Waals surface area (Å²) >= 11 is 0. The number of benzene rings is 1. The van der Waals surface area contributed by atoms with Crippen LogP contribution < -0.4 is 5.32 Å². The molecule has 1 aromatic carbocycles. The number of halogens is 1. The lowest BCUT2D eigenvalue weighted by atomic mass is 10.1. The summed E-state index contributed by atoms with van der Waals surface area (Å²) in [4.78, 5) is 11.0. The first kappa shape index (κ1) is 8.19. The third-order valence-electron chi connectivity index (χ3n) is 2.16. The number of nitrogens with one attached hydrogen (secondary N) is 1. The molecule has 4 heteroatoms. The second-order valence-electron chi connectivity index (χ2n) is 3.05. The molecule has 1 unspecified atom stereocenters. The first-order valence-corrected chi connectivity index (χ1v) is 3.89. The molecular weight excluding hydrogens is 173 g/mol. The molecule has 1 aliphatic rings. The molecule has 3 nitrogen and oxygen atoms in total. The largest absolute Gasteiger partial charge is 0.378 e. The van der Waals surface area contributed by atoms with Crippen LogP contribution in [0.1, 0.15) is 17.2 Å². The zero-order chi connectivity index (χ0) is 9.59. The Labute approximate surface area is 74.2 Å². The highest BCUT2D eigenvalue weighted by molar-refractivity contribution is 6.01. The maximum absolute atomic E-state index is 13.3. The molecule has 0 saturated heterocycles. The van der Waals surface area contributed by atoms with Gasteiger partial charge in [-0.1, -0.05) is 12.1 Å². The Balaban J connectivity index is 2.64. The zero-order valence-electron chi connectivity index (χ0n) is 6.97. The highest BCUT2D eigenvalue weighted by Crippen LogP contribution is 2.33. The van der Waals surface area contributed by atoms with E-state index >= 15 is 0 Å². The monoisotopic (exact) mass is 181 g/mol. The molecule has 2 N–H and O–H groups in total. The summed E-state index contributed by atoms with van der Waals surface area (Å²) in [6.07, 6.45) is -1.23. The van der Waals surface area contributed by atoms with Gasteiger partial charge in [0.25, 0.3) is 5.91 Å². The maximum Gasteiger partial charge on any atom is 0.258 e. The zero-order valence-corrected chi connectivity index (χ0v) is 6.97. The van der Waals surface area contributed by atoms with E-state index in [2.05, 4.69) is 5.32 Å². The second-order valence-corrected chi connectivity index (χ2v) is 3.05. The summed E-state index contributed by atoms with van der Waals surface area (Å²) in [5.41, 5.74) is 0.874. The Morgan fingerprint density at radius 1 is 1.54 bits per heavy atom. The van der Waals surface area contributed by atoms with Crippen LogP contribution in [0.5, 0.6) is 0 Å². The van der Waals surface area contributed by atoms with Gasteiger partial charge in [-0.15, -0.1) is 0 Å². The van der Waals surface area contributed by atoms with Crippen molar-refractivity contribution in [3.05, 3.63) is 29.1 Å². The van der Waals surface area contributed by atoms with E-state index < -0.39 is 17.8 Å². The van der Waals surface area contributed by atoms with E-state index in [1.54, 1.807) is 13.0 Å². The minimum Gasteiger partial charge on any atom is -0.378 e. The van der Waals surface area contributed by atoms with Crippen molar-refractivity contribution < 1.29 is 14.3 Å². The van der Waals surface area contributed by atoms with E-state index in [1.807, 2.05) is 0 Å². The molecule has 2 rings (SSSR count). The van der Waals surface area contributed by atoms with Gasteiger partial charge in [-0.2, -0.15) is 0 Å². The fraction of sp³-hybridized carbons (Fsp3) is 0.222. The van der Waals surface area contributed by atoms with Gasteiger partial charge < -0.3 is 10.4 Å². The van der Waals surface area contributed by atoms with Crippen LogP contribution in [0.4, 0.5) is 10.1 Å². The number of aliphatic hydroxyl groups is 1. The molecule has 68 valence electrons. The number of hydrogen-bond donors (Lipinski definition) is 2. The molecule has 1 amide bonds. The van der Waals surface area contributed by atoms with E-state index in [9.17, 15) is 14.3 Å². The third-order valence-corrected chi connectivity index (χ3v) is 2.16. The van der Waals surface area contributed by atoms with Crippen LogP contribution in [0.2, 0.25) is 0 Å². The average molecular weight is 181 g/mol. The van der Waals surface area contributed by atoms with E-state index in [-0.39, 0.29) is 5.69 Å². The van der Waals surface area contributed by atoms with Gasteiger partial charge in [0.2, 0.25) is 0 Å². The van der Waals surface area contributed by atoms with Crippen LogP contribution >= 0.6 is 0 Å². The Morgan fingerprint density at radius 2 is 2.23 bits per heavy atom. The number of carbonyl (C=O) groups excluding carboxylic acids is 1. The predicted octanol–water partition coefficient (Wildman–Crippen LogP) is 1.12. The lowest BCUT2D eigenvalue weighted by Gasteiger charge is -2.03. The standard InChI is InChI=1S/C9H8FNO2/c1-4-2-3-5-7(6(4)10)11-9(13)8(5)12/h2-3,8,12H,1H3,(H,11,13). The van der Waals surface area contributed by atoms with Crippen molar-refractivity contribution in [2.45, 2.75) is 13.0 Å². The summed E-state index contributed by atoms with van der Waals surface area (Å²) in [5, 5.41) is 11.6. The number of rotatable bonds is 0. The van der Waals surface area contributed by atoms with E-state index in [0.717, 1.165) is 0 Å². The Morgan fingerprint density at radius 3 is 2.92 bits per heavy atom. The number of fused-ring (bicyclic) bond motifs is 1. The smallest absolute Gasteiger partial charge is 0.258 e. The summed E-state index contributed by atoms with van der Waals surface area (Å²) in [6.45, 7) is 1.60. The number of amides is 1. The van der Waals surface area contributed by atoms with Crippen LogP contribution in [0.3, 0.4) is 0 Å². The first-order valence-electron chi connectivity index (χ1n) is 3.89. The summed E-state index contributed by atoms with van der Waals surface area (Å²) in [7, 11) is 0. The van der Waals surface area contributed by atoms with Crippen LogP contribution in [0, 0.1) is 12.7 Å². The molecular formula is C9H8FNO2. The van der Waals surface area contributed by atoms with Crippen LogP contribution in [0.15, 0.2) is 12.1 Å². The van der Waals surface area contributed by atoms with Gasteiger partial charge >= 0.3 is 0 Å². The van der Waals surface area contributed by atoms with Crippen molar-refractivity contribution in [1.82, 2.24) is 0 Å². The van der Waals surface area contributed by atoms with Crippen molar-refractivity contribution in [3.63, 3.8) is 0 Å². The van der Waals surface area contributed by atoms with E-state index in [0.29, 0.717) is 11.1 Å². The molecule has 0 spiro atoms. The lowest BCUT2D eigenvalue weighted by molar-refractivity contribution is -0.123. The number of aliphatic hydroxyl groups excluding tert-OH is 1. The van der Waals surface area contributed by atoms with Crippen LogP contribution in [-0.4, -0.2) is 11.0 Å². The number of carbonyl (C=O) groups is 1. The highest BCUT2D eigenvalue weighted by Gasteiger charge is 2.31. The van der Waals surface area contributed by atoms with Gasteiger partial charge in [-0.3, -0.25) is 4.79 Å². The second kappa shape index (κ2) is 2.53. The van der Waals surface area contributed by atoms with E-state index in [1.165, 1.54) is 6.07 Å². The highest BCUT2D eigenvalue weighted by atomic mass is 19.1. The van der Waals surface area contributed by atoms with Gasteiger partial charge in [0.05, 0.1) is 5.69 Å². The fourth-order valence-corrected chi connectivity index (χ4v) is 1.38. The summed E-state index contributed by atoms with van der Waals surface area (Å²) in [6, 6.07) is 3.09. The quantitative estimate of drug-likeness (QED) is 0.630. The van der Waals surface area contributed by atoms with Gasteiger partial charge in [0, 0.05) is 5.56 Å². The van der Waals surface area contributed by atoms with Gasteiger partial charge in [-0.05, 0) is 12.5 Å². The predicted molar refractivity (Wildman–Crippen MR) is 44.7 cm³/mol. The number of aryl methyl sites for hydroxylation is 1. The maximum atomic E-state index is 13.3. The Kier molecular flexibility index (Phi) is 1.60. The van der Waals surface area contributed by atoms with Gasteiger partial charge in [0.15, 0.2) is 6.10 Å². The Hall–Kier alpha value is -1.42. The molecule has 1 atom stereocenters. The molecule has 0 fully saturated rings. The summed E-state index contributed by atoms with van der Waals surface area (Å²) in [5.74, 6) is -1.04. The van der Waals surface area contributed by atoms with E-state index in [4.69, 9.17) is 0 Å². The minimum atomic E-state index is -1.23. The minimum absolute atomic E-state index is 0.109. The van der Waals surface area contributed by atoms with Crippen LogP contribution in [-0.2, 0) is 4.79 Å². The lowest BCUT2D eigenvalue weighted by Crippen LogP contribution is -2.10. The van der Waals surface area contributed by atoms with Gasteiger partial charge in [-0.25, -0.2) is 4.39 Å². The molecule has 1 heterocycles. The molecule has 0 saturated carbocycles. The summed E-state index contributed by atoms with van der Waals surface area (Å²) < 4.78 is 13.3. The Bertz CT molecular complexity index is 389. The SMILES string of the molecule is Cc1ccc2c(c1F)NC(=O)C2O. The molecule has 1 aliphatic heterocycles. The molecule has 1 aromatic rings.